The van der Waals surface area contributed by atoms with Gasteiger partial charge in [-0.2, -0.15) is 0 Å². The fourth-order valence-corrected chi connectivity index (χ4v) is 3.11. The minimum atomic E-state index is -3.99. The van der Waals surface area contributed by atoms with Gasteiger partial charge in [0.1, 0.15) is 0 Å². The molecular formula is C13H19NO6S. The SMILES string of the molecule is CCc1ccc(C(=O)O)cc1S(=O)(=O)NCC(C)(O)CO. The van der Waals surface area contributed by atoms with E-state index in [4.69, 9.17) is 10.2 Å². The molecule has 0 aliphatic carbocycles. The monoisotopic (exact) mass is 317 g/mol. The molecule has 0 saturated carbocycles. The third-order valence-corrected chi connectivity index (χ3v) is 4.45. The van der Waals surface area contributed by atoms with Gasteiger partial charge in [-0.1, -0.05) is 13.0 Å². The molecule has 1 atom stereocenters. The minimum absolute atomic E-state index is 0.138. The molecule has 1 unspecified atom stereocenters. The molecule has 0 bridgehead atoms. The standard InChI is InChI=1S/C13H19NO6S/c1-3-9-4-5-10(12(16)17)6-11(9)21(19,20)14-7-13(2,18)8-15/h4-6,14-15,18H,3,7-8H2,1-2H3,(H,16,17). The normalized spacial score (nSPS) is 14.7. The Hall–Kier alpha value is -1.48. The van der Waals surface area contributed by atoms with E-state index >= 15 is 0 Å². The number of hydrogen-bond donors (Lipinski definition) is 4. The zero-order chi connectivity index (χ0) is 16.3. The van der Waals surface area contributed by atoms with Gasteiger partial charge >= 0.3 is 5.97 Å². The smallest absolute Gasteiger partial charge is 0.335 e. The Kier molecular flexibility index (Phi) is 5.46. The summed E-state index contributed by atoms with van der Waals surface area (Å²) in [7, 11) is -3.99. The van der Waals surface area contributed by atoms with Gasteiger partial charge in [0.05, 0.1) is 22.7 Å². The van der Waals surface area contributed by atoms with Crippen LogP contribution in [0.25, 0.3) is 0 Å². The van der Waals surface area contributed by atoms with Crippen molar-refractivity contribution in [1.29, 1.82) is 0 Å². The fraction of sp³-hybridized carbons (Fsp3) is 0.462. The highest BCUT2D eigenvalue weighted by atomic mass is 32.2. The molecule has 0 radical (unpaired) electrons. The summed E-state index contributed by atoms with van der Waals surface area (Å²) < 4.78 is 26.7. The average molecular weight is 317 g/mol. The molecule has 4 N–H and O–H groups in total. The molecule has 0 fully saturated rings. The zero-order valence-corrected chi connectivity index (χ0v) is 12.6. The van der Waals surface area contributed by atoms with Gasteiger partial charge in [-0.15, -0.1) is 0 Å². The predicted octanol–water partition coefficient (Wildman–Crippen LogP) is -0.0312. The summed E-state index contributed by atoms with van der Waals surface area (Å²) >= 11 is 0. The second-order valence-electron chi connectivity index (χ2n) is 4.96. The lowest BCUT2D eigenvalue weighted by molar-refractivity contribution is 0.00680. The molecule has 1 aromatic carbocycles. The number of carboxylic acids is 1. The lowest BCUT2D eigenvalue weighted by Crippen LogP contribution is -2.43. The third kappa shape index (κ3) is 4.50. The number of aliphatic hydroxyl groups is 2. The Morgan fingerprint density at radius 2 is 2.00 bits per heavy atom. The van der Waals surface area contributed by atoms with Crippen molar-refractivity contribution in [3.8, 4) is 0 Å². The van der Waals surface area contributed by atoms with Crippen LogP contribution >= 0.6 is 0 Å². The van der Waals surface area contributed by atoms with E-state index in [2.05, 4.69) is 4.72 Å². The van der Waals surface area contributed by atoms with Crippen molar-refractivity contribution in [2.24, 2.45) is 0 Å². The van der Waals surface area contributed by atoms with Gasteiger partial charge in [0, 0.05) is 6.54 Å². The molecule has 1 rings (SSSR count). The van der Waals surface area contributed by atoms with E-state index < -0.39 is 28.2 Å². The molecule has 0 amide bonds. The average Bonchev–Trinajstić information content (AvgIpc) is 2.44. The highest BCUT2D eigenvalue weighted by molar-refractivity contribution is 7.89. The van der Waals surface area contributed by atoms with Crippen molar-refractivity contribution in [2.75, 3.05) is 13.2 Å². The number of nitrogens with one attached hydrogen (secondary N) is 1. The Labute approximate surface area is 123 Å². The number of rotatable bonds is 7. The minimum Gasteiger partial charge on any atom is -0.478 e. The van der Waals surface area contributed by atoms with Crippen molar-refractivity contribution < 1.29 is 28.5 Å². The molecule has 118 valence electrons. The first-order valence-corrected chi connectivity index (χ1v) is 7.80. The van der Waals surface area contributed by atoms with E-state index in [9.17, 15) is 18.3 Å². The van der Waals surface area contributed by atoms with Crippen LogP contribution in [0.3, 0.4) is 0 Å². The van der Waals surface area contributed by atoms with Gasteiger partial charge in [0.25, 0.3) is 0 Å². The molecule has 0 aromatic heterocycles. The van der Waals surface area contributed by atoms with Crippen molar-refractivity contribution >= 4 is 16.0 Å². The topological polar surface area (TPSA) is 124 Å². The number of carbonyl (C=O) groups is 1. The summed E-state index contributed by atoms with van der Waals surface area (Å²) in [6, 6.07) is 3.86. The highest BCUT2D eigenvalue weighted by Gasteiger charge is 2.25. The van der Waals surface area contributed by atoms with Gasteiger partial charge in [-0.25, -0.2) is 17.9 Å². The van der Waals surface area contributed by atoms with Crippen LogP contribution in [-0.4, -0.2) is 48.5 Å². The largest absolute Gasteiger partial charge is 0.478 e. The maximum Gasteiger partial charge on any atom is 0.335 e. The van der Waals surface area contributed by atoms with Gasteiger partial charge in [0.15, 0.2) is 0 Å². The molecule has 7 nitrogen and oxygen atoms in total. The number of aliphatic hydroxyl groups excluding tert-OH is 1. The Balaban J connectivity index is 3.17. The quantitative estimate of drug-likeness (QED) is 0.560. The van der Waals surface area contributed by atoms with E-state index in [1.807, 2.05) is 0 Å². The van der Waals surface area contributed by atoms with Crippen LogP contribution in [0.1, 0.15) is 29.8 Å². The predicted molar refractivity (Wildman–Crippen MR) is 75.7 cm³/mol. The molecule has 1 aromatic rings. The van der Waals surface area contributed by atoms with Crippen LogP contribution in [0.5, 0.6) is 0 Å². The summed E-state index contributed by atoms with van der Waals surface area (Å²) in [5.41, 5.74) is -1.26. The van der Waals surface area contributed by atoms with Gasteiger partial charge in [0.2, 0.25) is 10.0 Å². The van der Waals surface area contributed by atoms with Gasteiger partial charge in [-0.3, -0.25) is 0 Å². The number of hydrogen-bond acceptors (Lipinski definition) is 5. The van der Waals surface area contributed by atoms with Crippen LogP contribution in [0, 0.1) is 0 Å². The maximum absolute atomic E-state index is 12.3. The van der Waals surface area contributed by atoms with E-state index in [-0.39, 0.29) is 17.0 Å². The summed E-state index contributed by atoms with van der Waals surface area (Å²) in [4.78, 5) is 10.8. The summed E-state index contributed by atoms with van der Waals surface area (Å²) in [6.45, 7) is 2.04. The van der Waals surface area contributed by atoms with E-state index in [0.29, 0.717) is 12.0 Å². The van der Waals surface area contributed by atoms with Gasteiger partial charge < -0.3 is 15.3 Å². The van der Waals surface area contributed by atoms with Crippen molar-refractivity contribution in [3.05, 3.63) is 29.3 Å². The molecule has 8 heteroatoms. The van der Waals surface area contributed by atoms with Crippen LogP contribution in [0.2, 0.25) is 0 Å². The van der Waals surface area contributed by atoms with Crippen molar-refractivity contribution in [1.82, 2.24) is 4.72 Å². The van der Waals surface area contributed by atoms with Gasteiger partial charge in [-0.05, 0) is 31.0 Å². The Morgan fingerprint density at radius 1 is 1.38 bits per heavy atom. The van der Waals surface area contributed by atoms with Crippen LogP contribution in [-0.2, 0) is 16.4 Å². The van der Waals surface area contributed by atoms with E-state index in [1.165, 1.54) is 19.1 Å². The first-order valence-electron chi connectivity index (χ1n) is 6.32. The molecule has 21 heavy (non-hydrogen) atoms. The number of aromatic carboxylic acids is 1. The van der Waals surface area contributed by atoms with Crippen LogP contribution < -0.4 is 4.72 Å². The second kappa shape index (κ2) is 6.52. The first-order chi connectivity index (χ1) is 9.63. The molecule has 0 heterocycles. The lowest BCUT2D eigenvalue weighted by atomic mass is 10.1. The molecule has 0 aliphatic rings. The van der Waals surface area contributed by atoms with Crippen molar-refractivity contribution in [3.63, 3.8) is 0 Å². The molecule has 0 saturated heterocycles. The molecule has 0 spiro atoms. The van der Waals surface area contributed by atoms with E-state index in [1.54, 1.807) is 6.92 Å². The second-order valence-corrected chi connectivity index (χ2v) is 6.70. The molecular weight excluding hydrogens is 298 g/mol. The third-order valence-electron chi connectivity index (χ3n) is 2.97. The Bertz CT molecular complexity index is 624. The number of benzene rings is 1. The first kappa shape index (κ1) is 17.6. The number of aryl methyl sites for hydroxylation is 1. The number of carboxylic acid groups (broad SMARTS) is 1. The fourth-order valence-electron chi connectivity index (χ4n) is 1.61. The maximum atomic E-state index is 12.3. The summed E-state index contributed by atoms with van der Waals surface area (Å²) in [5.74, 6) is -1.23. The van der Waals surface area contributed by atoms with Crippen LogP contribution in [0.4, 0.5) is 0 Å². The Morgan fingerprint density at radius 3 is 2.48 bits per heavy atom. The molecule has 0 aliphatic heterocycles. The zero-order valence-electron chi connectivity index (χ0n) is 11.8. The van der Waals surface area contributed by atoms with Crippen LogP contribution in [0.15, 0.2) is 23.1 Å². The summed E-state index contributed by atoms with van der Waals surface area (Å²) in [6.07, 6.45) is 0.409. The lowest BCUT2D eigenvalue weighted by Gasteiger charge is -2.21. The van der Waals surface area contributed by atoms with Crippen molar-refractivity contribution in [2.45, 2.75) is 30.8 Å². The highest BCUT2D eigenvalue weighted by Crippen LogP contribution is 2.19. The number of sulfonamides is 1. The van der Waals surface area contributed by atoms with E-state index in [0.717, 1.165) is 6.07 Å². The summed E-state index contributed by atoms with van der Waals surface area (Å²) in [5, 5.41) is 27.5.